The van der Waals surface area contributed by atoms with Gasteiger partial charge in [0.1, 0.15) is 0 Å². The summed E-state index contributed by atoms with van der Waals surface area (Å²) in [6, 6.07) is 14.4. The molecule has 0 spiro atoms. The van der Waals surface area contributed by atoms with Gasteiger partial charge in [0.15, 0.2) is 0 Å². The molecule has 0 bridgehead atoms. The maximum absolute atomic E-state index is 12.9. The summed E-state index contributed by atoms with van der Waals surface area (Å²) in [6.45, 7) is 5.33. The monoisotopic (exact) mass is 459 g/mol. The fourth-order valence-corrected chi connectivity index (χ4v) is 5.60. The third-order valence-electron chi connectivity index (χ3n) is 7.46. The highest BCUT2D eigenvalue weighted by Gasteiger charge is 2.47. The second-order valence-corrected chi connectivity index (χ2v) is 9.68. The summed E-state index contributed by atoms with van der Waals surface area (Å²) in [6.07, 6.45) is 5.40. The standard InChI is InChI=1S/C28H33N3O3/c1-17-26(30-23-9-6-21(7-10-23)28(33)29-3)24-16-22(19-12-14-34-15-13-19)8-11-25(24)31(18(2)32)27(17)20-4-5-20/h6-12,16-17,20,26-27,30H,4-5,13-15H2,1-3H3,(H,29,33)/t17-,26-,27?/m0/s1. The molecule has 1 unspecified atom stereocenters. The fourth-order valence-electron chi connectivity index (χ4n) is 5.60. The zero-order valence-corrected chi connectivity index (χ0v) is 20.1. The molecule has 6 nitrogen and oxygen atoms in total. The quantitative estimate of drug-likeness (QED) is 0.675. The molecule has 2 aliphatic heterocycles. The molecule has 2 heterocycles. The number of amides is 2. The van der Waals surface area contributed by atoms with E-state index in [1.54, 1.807) is 14.0 Å². The number of anilines is 2. The zero-order chi connectivity index (χ0) is 23.8. The maximum Gasteiger partial charge on any atom is 0.251 e. The van der Waals surface area contributed by atoms with E-state index in [1.165, 1.54) is 24.0 Å². The van der Waals surface area contributed by atoms with Crippen molar-refractivity contribution in [1.29, 1.82) is 0 Å². The van der Waals surface area contributed by atoms with Crippen molar-refractivity contribution in [3.63, 3.8) is 0 Å². The topological polar surface area (TPSA) is 70.7 Å². The number of carbonyl (C=O) groups excluding carboxylic acids is 2. The molecule has 3 atom stereocenters. The van der Waals surface area contributed by atoms with Crippen LogP contribution in [0.2, 0.25) is 0 Å². The Morgan fingerprint density at radius 2 is 1.85 bits per heavy atom. The van der Waals surface area contributed by atoms with Crippen LogP contribution in [-0.4, -0.2) is 38.1 Å². The number of nitrogens with one attached hydrogen (secondary N) is 2. The van der Waals surface area contributed by atoms with Gasteiger partial charge in [-0.15, -0.1) is 0 Å². The molecule has 0 aromatic heterocycles. The van der Waals surface area contributed by atoms with Crippen LogP contribution < -0.4 is 15.5 Å². The van der Waals surface area contributed by atoms with E-state index < -0.39 is 0 Å². The van der Waals surface area contributed by atoms with Crippen molar-refractivity contribution in [2.75, 3.05) is 30.5 Å². The van der Waals surface area contributed by atoms with Crippen molar-refractivity contribution in [1.82, 2.24) is 5.32 Å². The van der Waals surface area contributed by atoms with Gasteiger partial charge in [-0.2, -0.15) is 0 Å². The lowest BCUT2D eigenvalue weighted by Gasteiger charge is -2.46. The zero-order valence-electron chi connectivity index (χ0n) is 20.1. The highest BCUT2D eigenvalue weighted by molar-refractivity contribution is 5.95. The SMILES string of the molecule is CNC(=O)c1ccc(N[C@@H]2c3cc(C4=CCOCC4)ccc3N(C(C)=O)C(C3CC3)[C@H]2C)cc1. The van der Waals surface area contributed by atoms with Crippen LogP contribution in [0.5, 0.6) is 0 Å². The minimum absolute atomic E-state index is 0.0578. The Hall–Kier alpha value is -3.12. The van der Waals surface area contributed by atoms with E-state index in [2.05, 4.69) is 41.8 Å². The van der Waals surface area contributed by atoms with Crippen LogP contribution in [0.4, 0.5) is 11.4 Å². The smallest absolute Gasteiger partial charge is 0.251 e. The number of rotatable bonds is 5. The number of fused-ring (bicyclic) bond motifs is 1. The van der Waals surface area contributed by atoms with E-state index >= 15 is 0 Å². The Labute approximate surface area is 201 Å². The summed E-state index contributed by atoms with van der Waals surface area (Å²) in [4.78, 5) is 26.9. The number of nitrogens with zero attached hydrogens (tertiary/aromatic N) is 1. The number of ether oxygens (including phenoxy) is 1. The predicted octanol–water partition coefficient (Wildman–Crippen LogP) is 4.78. The molecule has 178 valence electrons. The first-order valence-corrected chi connectivity index (χ1v) is 12.3. The number of hydrogen-bond acceptors (Lipinski definition) is 4. The summed E-state index contributed by atoms with van der Waals surface area (Å²) >= 11 is 0. The van der Waals surface area contributed by atoms with Gasteiger partial charge in [-0.3, -0.25) is 9.59 Å². The Bertz CT molecular complexity index is 1120. The molecule has 2 aromatic rings. The molecule has 1 aliphatic carbocycles. The van der Waals surface area contributed by atoms with Crippen molar-refractivity contribution in [3.8, 4) is 0 Å². The molecular formula is C28H33N3O3. The summed E-state index contributed by atoms with van der Waals surface area (Å²) in [5.41, 5.74) is 6.27. The average molecular weight is 460 g/mol. The van der Waals surface area contributed by atoms with Crippen LogP contribution in [0.3, 0.4) is 0 Å². The van der Waals surface area contributed by atoms with Crippen molar-refractivity contribution < 1.29 is 14.3 Å². The van der Waals surface area contributed by atoms with Crippen molar-refractivity contribution in [2.24, 2.45) is 11.8 Å². The molecular weight excluding hydrogens is 426 g/mol. The average Bonchev–Trinajstić information content (AvgIpc) is 3.70. The second kappa shape index (κ2) is 9.26. The van der Waals surface area contributed by atoms with E-state index in [-0.39, 0.29) is 29.8 Å². The number of carbonyl (C=O) groups is 2. The molecule has 1 fully saturated rings. The first-order valence-electron chi connectivity index (χ1n) is 12.3. The minimum atomic E-state index is -0.0943. The van der Waals surface area contributed by atoms with Crippen molar-refractivity contribution in [2.45, 2.75) is 45.2 Å². The summed E-state index contributed by atoms with van der Waals surface area (Å²) in [5, 5.41) is 6.43. The van der Waals surface area contributed by atoms with Crippen LogP contribution in [-0.2, 0) is 9.53 Å². The third kappa shape index (κ3) is 4.23. The molecule has 34 heavy (non-hydrogen) atoms. The molecule has 2 amide bonds. The largest absolute Gasteiger partial charge is 0.378 e. The number of benzene rings is 2. The van der Waals surface area contributed by atoms with Gasteiger partial charge in [0.05, 0.1) is 19.3 Å². The van der Waals surface area contributed by atoms with Gasteiger partial charge >= 0.3 is 0 Å². The lowest BCUT2D eigenvalue weighted by molar-refractivity contribution is -0.117. The number of hydrogen-bond donors (Lipinski definition) is 2. The van der Waals surface area contributed by atoms with Gasteiger partial charge < -0.3 is 20.3 Å². The van der Waals surface area contributed by atoms with E-state index in [4.69, 9.17) is 4.74 Å². The minimum Gasteiger partial charge on any atom is -0.378 e. The molecule has 1 saturated carbocycles. The lowest BCUT2D eigenvalue weighted by Crippen LogP contribution is -2.51. The Balaban J connectivity index is 1.55. The lowest BCUT2D eigenvalue weighted by atomic mass is 9.79. The van der Waals surface area contributed by atoms with E-state index in [9.17, 15) is 9.59 Å². The summed E-state index contributed by atoms with van der Waals surface area (Å²) in [5.74, 6) is 0.797. The van der Waals surface area contributed by atoms with E-state index in [0.717, 1.165) is 30.0 Å². The Morgan fingerprint density at radius 1 is 1.09 bits per heavy atom. The van der Waals surface area contributed by atoms with Gasteiger partial charge in [0.25, 0.3) is 5.91 Å². The Kier molecular flexibility index (Phi) is 6.17. The van der Waals surface area contributed by atoms with Gasteiger partial charge in [-0.05, 0) is 78.3 Å². The predicted molar refractivity (Wildman–Crippen MR) is 135 cm³/mol. The van der Waals surface area contributed by atoms with Crippen LogP contribution in [0.25, 0.3) is 5.57 Å². The molecule has 0 saturated heterocycles. The highest BCUT2D eigenvalue weighted by Crippen LogP contribution is 2.50. The van der Waals surface area contributed by atoms with Gasteiger partial charge in [-0.25, -0.2) is 0 Å². The fraction of sp³-hybridized carbons (Fsp3) is 0.429. The van der Waals surface area contributed by atoms with Crippen LogP contribution in [0, 0.1) is 11.8 Å². The summed E-state index contributed by atoms with van der Waals surface area (Å²) in [7, 11) is 1.64. The van der Waals surface area contributed by atoms with Gasteiger partial charge in [0, 0.05) is 42.9 Å². The Morgan fingerprint density at radius 3 is 2.47 bits per heavy atom. The van der Waals surface area contributed by atoms with Crippen LogP contribution in [0.1, 0.15) is 60.6 Å². The molecule has 0 radical (unpaired) electrons. The molecule has 2 N–H and O–H groups in total. The van der Waals surface area contributed by atoms with Gasteiger partial charge in [-0.1, -0.05) is 19.1 Å². The van der Waals surface area contributed by atoms with E-state index in [0.29, 0.717) is 18.1 Å². The first-order chi connectivity index (χ1) is 16.5. The molecule has 5 rings (SSSR count). The van der Waals surface area contributed by atoms with Crippen molar-refractivity contribution in [3.05, 3.63) is 65.2 Å². The third-order valence-corrected chi connectivity index (χ3v) is 7.46. The van der Waals surface area contributed by atoms with E-state index in [1.807, 2.05) is 29.2 Å². The van der Waals surface area contributed by atoms with Crippen molar-refractivity contribution >= 4 is 28.8 Å². The molecule has 3 aliphatic rings. The molecule has 2 aromatic carbocycles. The highest BCUT2D eigenvalue weighted by atomic mass is 16.5. The van der Waals surface area contributed by atoms with Crippen LogP contribution in [0.15, 0.2) is 48.5 Å². The molecule has 6 heteroatoms. The van der Waals surface area contributed by atoms with Gasteiger partial charge in [0.2, 0.25) is 5.91 Å². The summed E-state index contributed by atoms with van der Waals surface area (Å²) < 4.78 is 5.51. The van der Waals surface area contributed by atoms with Crippen LogP contribution >= 0.6 is 0 Å². The maximum atomic E-state index is 12.9. The second-order valence-electron chi connectivity index (χ2n) is 9.68. The first kappa shape index (κ1) is 22.7. The normalized spacial score (nSPS) is 24.1.